The Bertz CT molecular complexity index is 1220. The molecule has 3 aromatic carbocycles. The van der Waals surface area contributed by atoms with Crippen molar-refractivity contribution in [3.8, 4) is 0 Å². The van der Waals surface area contributed by atoms with Gasteiger partial charge in [-0.3, -0.25) is 4.90 Å². The molecule has 0 bridgehead atoms. The maximum absolute atomic E-state index is 11.6. The van der Waals surface area contributed by atoms with Crippen molar-refractivity contribution in [1.82, 2.24) is 4.90 Å². The highest BCUT2D eigenvalue weighted by Crippen LogP contribution is 2.38. The Hall–Kier alpha value is -3.69. The molecule has 1 saturated heterocycles. The second kappa shape index (κ2) is 10.1. The van der Waals surface area contributed by atoms with Gasteiger partial charge in [0, 0.05) is 19.6 Å². The number of rotatable bonds is 4. The van der Waals surface area contributed by atoms with Gasteiger partial charge in [-0.05, 0) is 58.4 Å². The molecule has 1 fully saturated rings. The van der Waals surface area contributed by atoms with Gasteiger partial charge in [-0.2, -0.15) is 0 Å². The second-order valence-corrected chi connectivity index (χ2v) is 8.80. The summed E-state index contributed by atoms with van der Waals surface area (Å²) in [5.41, 5.74) is 9.94. The summed E-state index contributed by atoms with van der Waals surface area (Å²) < 4.78 is 4.76. The number of piperidine rings is 1. The van der Waals surface area contributed by atoms with Gasteiger partial charge in [0.15, 0.2) is 0 Å². The summed E-state index contributed by atoms with van der Waals surface area (Å²) in [5, 5.41) is 0. The number of ether oxygens (including phenoxy) is 1. The van der Waals surface area contributed by atoms with E-state index in [0.717, 1.165) is 38.0 Å². The predicted molar refractivity (Wildman–Crippen MR) is 140 cm³/mol. The van der Waals surface area contributed by atoms with Crippen LogP contribution in [0, 0.1) is 0 Å². The first-order chi connectivity index (χ1) is 16.7. The van der Waals surface area contributed by atoms with Gasteiger partial charge in [0.2, 0.25) is 0 Å². The van der Waals surface area contributed by atoms with Crippen molar-refractivity contribution in [2.24, 2.45) is 0 Å². The van der Waals surface area contributed by atoms with Crippen LogP contribution in [0.3, 0.4) is 0 Å². The van der Waals surface area contributed by atoms with Gasteiger partial charge in [0.25, 0.3) is 0 Å². The average Bonchev–Trinajstić information content (AvgIpc) is 3.06. The van der Waals surface area contributed by atoms with Gasteiger partial charge in [-0.1, -0.05) is 90.5 Å². The molecule has 0 unspecified atom stereocenters. The summed E-state index contributed by atoms with van der Waals surface area (Å²) in [7, 11) is 1.40. The normalized spacial score (nSPS) is 15.7. The van der Waals surface area contributed by atoms with Crippen LogP contribution < -0.4 is 0 Å². The molecule has 2 aliphatic rings. The molecule has 1 aliphatic heterocycles. The number of methoxy groups -OCH3 is 1. The Morgan fingerprint density at radius 3 is 2.03 bits per heavy atom. The van der Waals surface area contributed by atoms with Crippen molar-refractivity contribution in [2.75, 3.05) is 26.7 Å². The summed E-state index contributed by atoms with van der Waals surface area (Å²) in [6, 6.07) is 25.1. The van der Waals surface area contributed by atoms with Crippen LogP contribution in [0.25, 0.3) is 23.8 Å². The molecule has 0 aromatic heterocycles. The van der Waals surface area contributed by atoms with Crippen LogP contribution in [0.5, 0.6) is 0 Å². The first-order valence-electron chi connectivity index (χ1n) is 11.9. The van der Waals surface area contributed by atoms with E-state index in [9.17, 15) is 4.79 Å². The zero-order valence-electron chi connectivity index (χ0n) is 19.5. The molecule has 0 N–H and O–H groups in total. The fourth-order valence-corrected chi connectivity index (χ4v) is 4.89. The summed E-state index contributed by atoms with van der Waals surface area (Å²) >= 11 is 0. The largest absolute Gasteiger partial charge is 0.465 e. The summed E-state index contributed by atoms with van der Waals surface area (Å²) in [5.74, 6) is -0.302. The Balaban J connectivity index is 1.30. The highest BCUT2D eigenvalue weighted by atomic mass is 16.5. The van der Waals surface area contributed by atoms with Crippen LogP contribution >= 0.6 is 0 Å². The number of carbonyl (C=O) groups is 1. The number of likely N-dealkylation sites (tertiary alicyclic amines) is 1. The fraction of sp³-hybridized carbons (Fsp3) is 0.194. The third kappa shape index (κ3) is 4.66. The van der Waals surface area contributed by atoms with E-state index in [1.807, 2.05) is 24.3 Å². The second-order valence-electron chi connectivity index (χ2n) is 8.80. The number of esters is 1. The van der Waals surface area contributed by atoms with E-state index in [2.05, 4.69) is 77.7 Å². The quantitative estimate of drug-likeness (QED) is 0.332. The Labute approximate surface area is 201 Å². The lowest BCUT2D eigenvalue weighted by molar-refractivity contribution is 0.0600. The maximum Gasteiger partial charge on any atom is 0.337 e. The summed E-state index contributed by atoms with van der Waals surface area (Å²) in [6.07, 6.45) is 11.0. The van der Waals surface area contributed by atoms with E-state index in [4.69, 9.17) is 4.74 Å². The van der Waals surface area contributed by atoms with E-state index in [0.29, 0.717) is 5.56 Å². The molecule has 3 nitrogen and oxygen atoms in total. The Kier molecular flexibility index (Phi) is 6.55. The van der Waals surface area contributed by atoms with E-state index < -0.39 is 0 Å². The van der Waals surface area contributed by atoms with Crippen LogP contribution in [0.15, 0.2) is 84.4 Å². The van der Waals surface area contributed by atoms with E-state index in [-0.39, 0.29) is 5.97 Å². The van der Waals surface area contributed by atoms with Crippen molar-refractivity contribution in [2.45, 2.75) is 12.8 Å². The van der Waals surface area contributed by atoms with Gasteiger partial charge in [-0.15, -0.1) is 0 Å². The fourth-order valence-electron chi connectivity index (χ4n) is 4.89. The third-order valence-corrected chi connectivity index (χ3v) is 6.72. The molecule has 0 amide bonds. The topological polar surface area (TPSA) is 29.5 Å². The minimum absolute atomic E-state index is 0.302. The van der Waals surface area contributed by atoms with Crippen LogP contribution in [0.1, 0.15) is 51.0 Å². The molecule has 1 heterocycles. The van der Waals surface area contributed by atoms with Crippen LogP contribution in [0.2, 0.25) is 0 Å². The molecule has 34 heavy (non-hydrogen) atoms. The number of hydrogen-bond donors (Lipinski definition) is 0. The lowest BCUT2D eigenvalue weighted by Gasteiger charge is -2.29. The lowest BCUT2D eigenvalue weighted by Crippen LogP contribution is -2.31. The molecule has 170 valence electrons. The minimum atomic E-state index is -0.302. The van der Waals surface area contributed by atoms with Crippen molar-refractivity contribution < 1.29 is 9.53 Å². The van der Waals surface area contributed by atoms with Gasteiger partial charge in [-0.25, -0.2) is 4.79 Å². The third-order valence-electron chi connectivity index (χ3n) is 6.72. The number of carbonyl (C=O) groups excluding carboxylic acids is 1. The lowest BCUT2D eigenvalue weighted by atomic mass is 9.86. The smallest absolute Gasteiger partial charge is 0.337 e. The first-order valence-corrected chi connectivity index (χ1v) is 11.9. The highest BCUT2D eigenvalue weighted by Gasteiger charge is 2.22. The van der Waals surface area contributed by atoms with Gasteiger partial charge in [0.1, 0.15) is 0 Å². The van der Waals surface area contributed by atoms with Gasteiger partial charge < -0.3 is 4.74 Å². The van der Waals surface area contributed by atoms with Crippen molar-refractivity contribution in [3.63, 3.8) is 0 Å². The molecular weight excluding hydrogens is 418 g/mol. The number of nitrogens with zero attached hydrogens (tertiary/aromatic N) is 1. The van der Waals surface area contributed by atoms with Crippen LogP contribution in [-0.2, 0) is 4.74 Å². The SMILES string of the molecule is COC(=O)c1ccc(/C=C/CN2CCC(=C3c4ccccc4C=Cc4ccccc43)CC2)cc1. The number of hydrogen-bond acceptors (Lipinski definition) is 3. The monoisotopic (exact) mass is 447 g/mol. The predicted octanol–water partition coefficient (Wildman–Crippen LogP) is 6.57. The molecule has 1 aliphatic carbocycles. The number of fused-ring (bicyclic) bond motifs is 2. The molecule has 3 aromatic rings. The summed E-state index contributed by atoms with van der Waals surface area (Å²) in [6.45, 7) is 3.04. The molecule has 0 atom stereocenters. The van der Waals surface area contributed by atoms with Gasteiger partial charge >= 0.3 is 5.97 Å². The molecular formula is C31H29NO2. The Morgan fingerprint density at radius 2 is 1.44 bits per heavy atom. The zero-order valence-corrected chi connectivity index (χ0v) is 19.5. The minimum Gasteiger partial charge on any atom is -0.465 e. The van der Waals surface area contributed by atoms with E-state index >= 15 is 0 Å². The number of benzene rings is 3. The zero-order chi connectivity index (χ0) is 23.3. The van der Waals surface area contributed by atoms with Gasteiger partial charge in [0.05, 0.1) is 12.7 Å². The van der Waals surface area contributed by atoms with Crippen molar-refractivity contribution in [3.05, 3.63) is 118 Å². The average molecular weight is 448 g/mol. The van der Waals surface area contributed by atoms with E-state index in [1.165, 1.54) is 34.9 Å². The molecule has 3 heteroatoms. The van der Waals surface area contributed by atoms with Crippen LogP contribution in [-0.4, -0.2) is 37.6 Å². The first kappa shape index (κ1) is 22.1. The Morgan fingerprint density at radius 1 is 0.853 bits per heavy atom. The standard InChI is InChI=1S/C31H29NO2/c1-34-31(33)27-14-12-23(13-15-27)7-6-20-32-21-18-26(19-22-32)30-28-10-4-2-8-24(28)16-17-25-9-3-5-11-29(25)30/h2-17H,18-22H2,1H3/b7-6+. The van der Waals surface area contributed by atoms with E-state index in [1.54, 1.807) is 5.57 Å². The summed E-state index contributed by atoms with van der Waals surface area (Å²) in [4.78, 5) is 14.1. The van der Waals surface area contributed by atoms with Crippen molar-refractivity contribution in [1.29, 1.82) is 0 Å². The van der Waals surface area contributed by atoms with Crippen LogP contribution in [0.4, 0.5) is 0 Å². The molecule has 0 spiro atoms. The molecule has 5 rings (SSSR count). The maximum atomic E-state index is 11.6. The van der Waals surface area contributed by atoms with Crippen molar-refractivity contribution >= 4 is 29.8 Å². The molecule has 0 radical (unpaired) electrons. The highest BCUT2D eigenvalue weighted by molar-refractivity contribution is 5.95. The molecule has 0 saturated carbocycles.